The number of para-hydroxylation sites is 1. The summed E-state index contributed by atoms with van der Waals surface area (Å²) < 4.78 is 3.03. The van der Waals surface area contributed by atoms with Gasteiger partial charge in [-0.3, -0.25) is 19.7 Å². The summed E-state index contributed by atoms with van der Waals surface area (Å²) in [5.41, 5.74) is 0.705. The first kappa shape index (κ1) is 24.0. The first-order valence-electron chi connectivity index (χ1n) is 12.1. The fraction of sp³-hybridized carbons (Fsp3) is 0.417. The third kappa shape index (κ3) is 4.97. The Morgan fingerprint density at radius 3 is 2.44 bits per heavy atom. The van der Waals surface area contributed by atoms with Crippen molar-refractivity contribution in [2.24, 2.45) is 0 Å². The van der Waals surface area contributed by atoms with Crippen LogP contribution < -0.4 is 15.8 Å². The lowest BCUT2D eigenvalue weighted by Crippen LogP contribution is -2.52. The van der Waals surface area contributed by atoms with Gasteiger partial charge in [-0.05, 0) is 25.0 Å². The summed E-state index contributed by atoms with van der Waals surface area (Å²) in [6, 6.07) is 9.32. The van der Waals surface area contributed by atoms with Crippen LogP contribution in [0.15, 0.2) is 47.7 Å². The van der Waals surface area contributed by atoms with Crippen LogP contribution >= 0.6 is 11.6 Å². The minimum atomic E-state index is -0.769. The molecule has 1 aromatic carbocycles. The molecule has 2 aliphatic rings. The van der Waals surface area contributed by atoms with E-state index in [0.717, 1.165) is 25.7 Å². The number of carbonyl (C=O) groups excluding carboxylic acids is 2. The summed E-state index contributed by atoms with van der Waals surface area (Å²) in [5, 5.41) is 11.2. The Morgan fingerprint density at radius 1 is 1.00 bits per heavy atom. The minimum absolute atomic E-state index is 0.0611. The van der Waals surface area contributed by atoms with Gasteiger partial charge in [0.25, 0.3) is 5.56 Å². The molecule has 0 atom stereocenters. The molecule has 188 valence electrons. The smallest absolute Gasteiger partial charge is 0.316 e. The highest BCUT2D eigenvalue weighted by atomic mass is 35.5. The van der Waals surface area contributed by atoms with Crippen LogP contribution in [0.3, 0.4) is 0 Å². The van der Waals surface area contributed by atoms with E-state index in [9.17, 15) is 14.4 Å². The van der Waals surface area contributed by atoms with Crippen LogP contribution in [0, 0.1) is 0 Å². The van der Waals surface area contributed by atoms with Gasteiger partial charge in [-0.2, -0.15) is 9.78 Å². The van der Waals surface area contributed by atoms with E-state index in [4.69, 9.17) is 11.6 Å². The number of halogens is 1. The lowest BCUT2D eigenvalue weighted by Gasteiger charge is -2.35. The van der Waals surface area contributed by atoms with Crippen LogP contribution in [-0.2, 0) is 9.59 Å². The van der Waals surface area contributed by atoms with Crippen LogP contribution in [-0.4, -0.2) is 67.4 Å². The Kier molecular flexibility index (Phi) is 6.99. The number of piperazine rings is 1. The number of anilines is 2. The molecule has 3 aromatic rings. The van der Waals surface area contributed by atoms with Crippen molar-refractivity contribution >= 4 is 35.1 Å². The first-order chi connectivity index (χ1) is 17.5. The van der Waals surface area contributed by atoms with Gasteiger partial charge in [0.2, 0.25) is 5.95 Å². The third-order valence-corrected chi connectivity index (χ3v) is 7.04. The zero-order valence-corrected chi connectivity index (χ0v) is 20.5. The van der Waals surface area contributed by atoms with Crippen molar-refractivity contribution < 1.29 is 9.59 Å². The number of aromatic nitrogens is 5. The molecule has 1 aliphatic carbocycles. The standard InChI is InChI=1S/C24H27ClN8O3/c25-20-19(15-27-33(22(20)35)18-9-5-2-6-10-18)30-11-13-31(14-12-30)23(36)21(34)28-24-26-16-32(29-24)17-7-3-1-4-8-17/h2,5-6,9-10,15-17H,1,3-4,7-8,11-14H2,(H,28,29,34). The zero-order chi connectivity index (χ0) is 25.1. The van der Waals surface area contributed by atoms with Gasteiger partial charge in [-0.1, -0.05) is 49.1 Å². The van der Waals surface area contributed by atoms with Crippen LogP contribution in [0.25, 0.3) is 5.69 Å². The second-order valence-electron chi connectivity index (χ2n) is 8.97. The van der Waals surface area contributed by atoms with Gasteiger partial charge in [0, 0.05) is 26.2 Å². The summed E-state index contributed by atoms with van der Waals surface area (Å²) in [7, 11) is 0. The Labute approximate surface area is 212 Å². The van der Waals surface area contributed by atoms with E-state index in [-0.39, 0.29) is 17.0 Å². The van der Waals surface area contributed by atoms with Gasteiger partial charge < -0.3 is 9.80 Å². The van der Waals surface area contributed by atoms with E-state index in [1.807, 2.05) is 23.1 Å². The van der Waals surface area contributed by atoms with E-state index in [2.05, 4.69) is 20.5 Å². The van der Waals surface area contributed by atoms with Crippen LogP contribution in [0.2, 0.25) is 5.02 Å². The molecule has 1 saturated heterocycles. The molecular formula is C24H27ClN8O3. The molecule has 0 unspecified atom stereocenters. The predicted octanol–water partition coefficient (Wildman–Crippen LogP) is 2.27. The SMILES string of the molecule is O=C(Nc1ncn(C2CCCCC2)n1)C(=O)N1CCN(c2cnn(-c3ccccc3)c(=O)c2Cl)CC1. The minimum Gasteiger partial charge on any atom is -0.365 e. The Hall–Kier alpha value is -3.73. The zero-order valence-electron chi connectivity index (χ0n) is 19.7. The van der Waals surface area contributed by atoms with Crippen molar-refractivity contribution in [2.75, 3.05) is 36.4 Å². The fourth-order valence-corrected chi connectivity index (χ4v) is 4.95. The van der Waals surface area contributed by atoms with Gasteiger partial charge in [0.05, 0.1) is 23.6 Å². The van der Waals surface area contributed by atoms with Gasteiger partial charge in [0.15, 0.2) is 0 Å². The van der Waals surface area contributed by atoms with E-state index >= 15 is 0 Å². The quantitative estimate of drug-likeness (QED) is 0.535. The molecule has 5 rings (SSSR count). The first-order valence-corrected chi connectivity index (χ1v) is 12.5. The number of amides is 2. The summed E-state index contributed by atoms with van der Waals surface area (Å²) in [6.45, 7) is 1.41. The number of benzene rings is 1. The average molecular weight is 511 g/mol. The van der Waals surface area contributed by atoms with Crippen molar-refractivity contribution in [3.05, 3.63) is 58.2 Å². The number of rotatable bonds is 4. The molecule has 1 saturated carbocycles. The molecule has 0 spiro atoms. The van der Waals surface area contributed by atoms with Crippen molar-refractivity contribution in [3.63, 3.8) is 0 Å². The van der Waals surface area contributed by atoms with E-state index in [0.29, 0.717) is 37.6 Å². The summed E-state index contributed by atoms with van der Waals surface area (Å²) >= 11 is 6.40. The molecule has 11 nitrogen and oxygen atoms in total. The highest BCUT2D eigenvalue weighted by Gasteiger charge is 2.28. The third-order valence-electron chi connectivity index (χ3n) is 6.69. The molecule has 2 aromatic heterocycles. The monoisotopic (exact) mass is 510 g/mol. The van der Waals surface area contributed by atoms with Crippen LogP contribution in [0.1, 0.15) is 38.1 Å². The molecule has 1 aliphatic heterocycles. The number of hydrogen-bond donors (Lipinski definition) is 1. The van der Waals surface area contributed by atoms with Crippen molar-refractivity contribution in [2.45, 2.75) is 38.1 Å². The lowest BCUT2D eigenvalue weighted by atomic mass is 9.96. The number of nitrogens with zero attached hydrogens (tertiary/aromatic N) is 7. The normalized spacial score (nSPS) is 16.7. The Bertz CT molecular complexity index is 1290. The molecule has 0 radical (unpaired) electrons. The Morgan fingerprint density at radius 2 is 1.72 bits per heavy atom. The molecule has 2 fully saturated rings. The summed E-state index contributed by atoms with van der Waals surface area (Å²) in [5.74, 6) is -1.28. The maximum absolute atomic E-state index is 12.8. The second-order valence-corrected chi connectivity index (χ2v) is 9.35. The van der Waals surface area contributed by atoms with Crippen molar-refractivity contribution in [1.82, 2.24) is 29.4 Å². The molecule has 3 heterocycles. The number of hydrogen-bond acceptors (Lipinski definition) is 7. The van der Waals surface area contributed by atoms with Gasteiger partial charge in [-0.15, -0.1) is 5.10 Å². The van der Waals surface area contributed by atoms with Crippen molar-refractivity contribution in [3.8, 4) is 5.69 Å². The van der Waals surface area contributed by atoms with Crippen LogP contribution in [0.5, 0.6) is 0 Å². The molecular weight excluding hydrogens is 484 g/mol. The van der Waals surface area contributed by atoms with Crippen LogP contribution in [0.4, 0.5) is 11.6 Å². The fourth-order valence-electron chi connectivity index (χ4n) is 4.70. The molecule has 0 bridgehead atoms. The Balaban J connectivity index is 1.18. The number of carbonyl (C=O) groups is 2. The predicted molar refractivity (Wildman–Crippen MR) is 134 cm³/mol. The van der Waals surface area contributed by atoms with E-state index in [1.165, 1.54) is 16.0 Å². The largest absolute Gasteiger partial charge is 0.365 e. The second kappa shape index (κ2) is 10.5. The van der Waals surface area contributed by atoms with E-state index < -0.39 is 17.4 Å². The molecule has 2 amide bonds. The van der Waals surface area contributed by atoms with E-state index in [1.54, 1.807) is 29.3 Å². The lowest BCUT2D eigenvalue weighted by molar-refractivity contribution is -0.143. The van der Waals surface area contributed by atoms with Gasteiger partial charge in [-0.25, -0.2) is 9.67 Å². The average Bonchev–Trinajstić information content (AvgIpc) is 3.39. The maximum atomic E-state index is 12.8. The van der Waals surface area contributed by atoms with Gasteiger partial charge in [0.1, 0.15) is 11.3 Å². The van der Waals surface area contributed by atoms with Crippen molar-refractivity contribution in [1.29, 1.82) is 0 Å². The number of nitrogens with one attached hydrogen (secondary N) is 1. The highest BCUT2D eigenvalue weighted by Crippen LogP contribution is 2.27. The molecule has 12 heteroatoms. The highest BCUT2D eigenvalue weighted by molar-refractivity contribution is 6.39. The topological polar surface area (TPSA) is 118 Å². The summed E-state index contributed by atoms with van der Waals surface area (Å²) in [4.78, 5) is 45.5. The molecule has 36 heavy (non-hydrogen) atoms. The summed E-state index contributed by atoms with van der Waals surface area (Å²) in [6.07, 6.45) is 8.79. The van der Waals surface area contributed by atoms with Gasteiger partial charge >= 0.3 is 11.8 Å². The molecule has 1 N–H and O–H groups in total. The maximum Gasteiger partial charge on any atom is 0.316 e.